The zero-order chi connectivity index (χ0) is 21.8. The van der Waals surface area contributed by atoms with Gasteiger partial charge in [-0.05, 0) is 42.9 Å². The zero-order valence-corrected chi connectivity index (χ0v) is 18.7. The van der Waals surface area contributed by atoms with Gasteiger partial charge in [-0.2, -0.15) is 0 Å². The van der Waals surface area contributed by atoms with E-state index in [9.17, 15) is 0 Å². The quantitative estimate of drug-likeness (QED) is 0.515. The lowest BCUT2D eigenvalue weighted by Gasteiger charge is -2.41. The van der Waals surface area contributed by atoms with Crippen molar-refractivity contribution in [3.8, 4) is 0 Å². The fraction of sp³-hybridized carbons (Fsp3) is 0.318. The number of pyridine rings is 1. The number of nitrogens with zero attached hydrogens (tertiary/aromatic N) is 4. The Morgan fingerprint density at radius 2 is 1.77 bits per heavy atom. The maximum atomic E-state index is 6.23. The van der Waals surface area contributed by atoms with E-state index in [0.29, 0.717) is 22.4 Å². The van der Waals surface area contributed by atoms with E-state index < -0.39 is 0 Å². The Morgan fingerprint density at radius 3 is 2.45 bits per heavy atom. The van der Waals surface area contributed by atoms with Crippen molar-refractivity contribution in [3.05, 3.63) is 59.4 Å². The van der Waals surface area contributed by atoms with Gasteiger partial charge in [0, 0.05) is 24.2 Å². The summed E-state index contributed by atoms with van der Waals surface area (Å²) in [5, 5.41) is 0.985. The molecule has 3 aromatic rings. The van der Waals surface area contributed by atoms with Crippen molar-refractivity contribution >= 4 is 40.8 Å². The lowest BCUT2D eigenvalue weighted by Crippen LogP contribution is -2.45. The Bertz CT molecular complexity index is 1040. The molecule has 0 aliphatic carbocycles. The molecule has 1 aliphatic rings. The van der Waals surface area contributed by atoms with Crippen LogP contribution in [0.15, 0.2) is 58.7 Å². The van der Waals surface area contributed by atoms with E-state index in [1.165, 1.54) is 17.3 Å². The van der Waals surface area contributed by atoms with Gasteiger partial charge in [0.05, 0.1) is 11.2 Å². The molecule has 6 N–H and O–H groups in total. The third-order valence-electron chi connectivity index (χ3n) is 5.84. The molecule has 2 aromatic heterocycles. The van der Waals surface area contributed by atoms with Crippen molar-refractivity contribution in [1.29, 1.82) is 0 Å². The van der Waals surface area contributed by atoms with Gasteiger partial charge >= 0.3 is 0 Å². The number of aromatic nitrogens is 3. The van der Waals surface area contributed by atoms with E-state index >= 15 is 0 Å². The van der Waals surface area contributed by atoms with E-state index in [0.717, 1.165) is 43.1 Å². The van der Waals surface area contributed by atoms with E-state index in [1.54, 1.807) is 18.5 Å². The molecule has 1 aliphatic heterocycles. The van der Waals surface area contributed by atoms with Crippen LogP contribution in [0, 0.1) is 5.41 Å². The average molecular weight is 456 g/mol. The molecule has 7 nitrogen and oxygen atoms in total. The fourth-order valence-electron chi connectivity index (χ4n) is 3.93. The summed E-state index contributed by atoms with van der Waals surface area (Å²) in [5.41, 5.74) is 19.7. The second kappa shape index (κ2) is 9.30. The van der Waals surface area contributed by atoms with Crippen LogP contribution < -0.4 is 22.1 Å². The summed E-state index contributed by atoms with van der Waals surface area (Å²) >= 11 is 7.56. The highest BCUT2D eigenvalue weighted by Gasteiger charge is 2.34. The van der Waals surface area contributed by atoms with Crippen LogP contribution in [-0.4, -0.2) is 34.6 Å². The molecular weight excluding hydrogens is 430 g/mol. The number of nitrogens with two attached hydrogens (primary N) is 3. The van der Waals surface area contributed by atoms with E-state index in [4.69, 9.17) is 28.8 Å². The number of benzene rings is 1. The van der Waals surface area contributed by atoms with E-state index in [2.05, 4.69) is 44.1 Å². The average Bonchev–Trinajstić information content (AvgIpc) is 2.79. The molecule has 0 spiro atoms. The standard InChI is InChI=1S/C22H26ClN7S/c23-18-16(6-9-27-19(18)25)31-21-20(26)29-17(13-28-21)30-10-7-22(14-24,8-11-30)12-15-4-2-1-3-5-15/h1-6,9,13H,7-8,10-12,14,24H2,(H2,25,27)(H2,26,29). The summed E-state index contributed by atoms with van der Waals surface area (Å²) in [4.78, 5) is 16.1. The Balaban J connectivity index is 1.44. The summed E-state index contributed by atoms with van der Waals surface area (Å²) in [5.74, 6) is 1.43. The van der Waals surface area contributed by atoms with Crippen LogP contribution in [0.1, 0.15) is 18.4 Å². The van der Waals surface area contributed by atoms with Crippen LogP contribution in [0.25, 0.3) is 0 Å². The minimum atomic E-state index is 0.116. The first-order chi connectivity index (χ1) is 15.0. The Morgan fingerprint density at radius 1 is 1.03 bits per heavy atom. The van der Waals surface area contributed by atoms with Gasteiger partial charge in [-0.25, -0.2) is 15.0 Å². The van der Waals surface area contributed by atoms with E-state index in [1.807, 2.05) is 6.07 Å². The molecule has 1 saturated heterocycles. The molecular formula is C22H26ClN7S. The van der Waals surface area contributed by atoms with Crippen LogP contribution in [0.4, 0.5) is 17.5 Å². The van der Waals surface area contributed by atoms with Crippen LogP contribution in [-0.2, 0) is 6.42 Å². The molecule has 1 fully saturated rings. The summed E-state index contributed by atoms with van der Waals surface area (Å²) in [7, 11) is 0. The highest BCUT2D eigenvalue weighted by atomic mass is 35.5. The minimum Gasteiger partial charge on any atom is -0.382 e. The van der Waals surface area contributed by atoms with Crippen molar-refractivity contribution < 1.29 is 0 Å². The van der Waals surface area contributed by atoms with Gasteiger partial charge in [0.15, 0.2) is 5.82 Å². The zero-order valence-electron chi connectivity index (χ0n) is 17.2. The molecule has 0 atom stereocenters. The topological polar surface area (TPSA) is 120 Å². The van der Waals surface area contributed by atoms with Gasteiger partial charge < -0.3 is 22.1 Å². The smallest absolute Gasteiger partial charge is 0.158 e. The highest BCUT2D eigenvalue weighted by Crippen LogP contribution is 2.38. The first-order valence-corrected chi connectivity index (χ1v) is 11.4. The van der Waals surface area contributed by atoms with Gasteiger partial charge in [0.25, 0.3) is 0 Å². The predicted molar refractivity (Wildman–Crippen MR) is 127 cm³/mol. The minimum absolute atomic E-state index is 0.116. The molecule has 9 heteroatoms. The normalized spacial score (nSPS) is 15.7. The SMILES string of the molecule is NCC1(Cc2ccccc2)CCN(c2cnc(Sc3ccnc(N)c3Cl)c(N)n2)CC1. The lowest BCUT2D eigenvalue weighted by atomic mass is 9.74. The largest absolute Gasteiger partial charge is 0.382 e. The number of rotatable bonds is 6. The number of piperidine rings is 1. The van der Waals surface area contributed by atoms with Crippen molar-refractivity contribution in [2.24, 2.45) is 11.1 Å². The summed E-state index contributed by atoms with van der Waals surface area (Å²) in [6, 6.07) is 12.3. The van der Waals surface area contributed by atoms with E-state index in [-0.39, 0.29) is 11.2 Å². The third kappa shape index (κ3) is 4.87. The van der Waals surface area contributed by atoms with Crippen molar-refractivity contribution in [2.75, 3.05) is 36.0 Å². The maximum absolute atomic E-state index is 6.23. The number of halogens is 1. The van der Waals surface area contributed by atoms with Crippen LogP contribution in [0.5, 0.6) is 0 Å². The summed E-state index contributed by atoms with van der Waals surface area (Å²) in [6.45, 7) is 2.42. The first-order valence-electron chi connectivity index (χ1n) is 10.2. The molecule has 0 bridgehead atoms. The summed E-state index contributed by atoms with van der Waals surface area (Å²) < 4.78 is 0. The molecule has 0 saturated carbocycles. The van der Waals surface area contributed by atoms with Crippen LogP contribution in [0.2, 0.25) is 5.02 Å². The molecule has 4 rings (SSSR count). The van der Waals surface area contributed by atoms with Crippen molar-refractivity contribution in [2.45, 2.75) is 29.2 Å². The van der Waals surface area contributed by atoms with Crippen molar-refractivity contribution in [3.63, 3.8) is 0 Å². The van der Waals surface area contributed by atoms with Crippen LogP contribution in [0.3, 0.4) is 0 Å². The second-order valence-corrected chi connectivity index (χ2v) is 9.29. The number of nitrogen functional groups attached to an aromatic ring is 2. The molecule has 0 radical (unpaired) electrons. The molecule has 0 amide bonds. The fourth-order valence-corrected chi connectivity index (χ4v) is 4.94. The van der Waals surface area contributed by atoms with Gasteiger partial charge in [-0.1, -0.05) is 53.7 Å². The van der Waals surface area contributed by atoms with Gasteiger partial charge in [0.2, 0.25) is 0 Å². The third-order valence-corrected chi connectivity index (χ3v) is 7.42. The molecule has 1 aromatic carbocycles. The molecule has 31 heavy (non-hydrogen) atoms. The lowest BCUT2D eigenvalue weighted by molar-refractivity contribution is 0.225. The van der Waals surface area contributed by atoms with Gasteiger partial charge in [-0.15, -0.1) is 0 Å². The monoisotopic (exact) mass is 455 g/mol. The van der Waals surface area contributed by atoms with Gasteiger partial charge in [-0.3, -0.25) is 0 Å². The first kappa shape index (κ1) is 21.7. The number of hydrogen-bond acceptors (Lipinski definition) is 8. The molecule has 0 unspecified atom stereocenters. The summed E-state index contributed by atoms with van der Waals surface area (Å²) in [6.07, 6.45) is 6.38. The Kier molecular flexibility index (Phi) is 6.50. The Hall–Kier alpha value is -2.55. The van der Waals surface area contributed by atoms with Gasteiger partial charge in [0.1, 0.15) is 16.7 Å². The number of hydrogen-bond donors (Lipinski definition) is 3. The maximum Gasteiger partial charge on any atom is 0.158 e. The van der Waals surface area contributed by atoms with Crippen LogP contribution >= 0.6 is 23.4 Å². The second-order valence-electron chi connectivity index (χ2n) is 7.88. The predicted octanol–water partition coefficient (Wildman–Crippen LogP) is 3.63. The van der Waals surface area contributed by atoms with Crippen molar-refractivity contribution in [1.82, 2.24) is 15.0 Å². The molecule has 162 valence electrons. The molecule has 3 heterocycles. The Labute approximate surface area is 191 Å². The highest BCUT2D eigenvalue weighted by molar-refractivity contribution is 7.99. The number of anilines is 3.